The van der Waals surface area contributed by atoms with Crippen LogP contribution in [0.15, 0.2) is 30.3 Å². The maximum atomic E-state index is 12.2. The number of aryl methyl sites for hydroxylation is 2. The molecule has 0 saturated heterocycles. The Morgan fingerprint density at radius 1 is 1.17 bits per heavy atom. The lowest BCUT2D eigenvalue weighted by Gasteiger charge is -2.18. The number of amides is 1. The van der Waals surface area contributed by atoms with Crippen LogP contribution in [0.3, 0.4) is 0 Å². The monoisotopic (exact) mass is 308 g/mol. The molecule has 0 spiro atoms. The van der Waals surface area contributed by atoms with Gasteiger partial charge in [0.25, 0.3) is 5.91 Å². The molecule has 2 aromatic carbocycles. The Morgan fingerprint density at radius 2 is 1.83 bits per heavy atom. The molecule has 2 aromatic rings. The predicted octanol–water partition coefficient (Wildman–Crippen LogP) is 3.62. The van der Waals surface area contributed by atoms with Crippen molar-refractivity contribution in [1.29, 1.82) is 0 Å². The van der Waals surface area contributed by atoms with Gasteiger partial charge in [0, 0.05) is 25.7 Å². The Hall–Kier alpha value is -2.13. The van der Waals surface area contributed by atoms with Gasteiger partial charge < -0.3 is 10.6 Å². The molecule has 0 radical (unpaired) electrons. The number of hydrogen-bond donors (Lipinski definition) is 1. The van der Waals surface area contributed by atoms with Crippen LogP contribution in [0.2, 0.25) is 0 Å². The van der Waals surface area contributed by atoms with Crippen LogP contribution >= 0.6 is 0 Å². The maximum Gasteiger partial charge on any atom is 0.253 e. The first-order chi connectivity index (χ1) is 10.9. The van der Waals surface area contributed by atoms with E-state index < -0.39 is 0 Å². The third kappa shape index (κ3) is 2.66. The Balaban J connectivity index is 2.14. The van der Waals surface area contributed by atoms with Gasteiger partial charge >= 0.3 is 0 Å². The second kappa shape index (κ2) is 5.82. The Kier molecular flexibility index (Phi) is 3.99. The first kappa shape index (κ1) is 15.8. The van der Waals surface area contributed by atoms with Gasteiger partial charge in [0.1, 0.15) is 0 Å². The lowest BCUT2D eigenvalue weighted by Crippen LogP contribution is -2.22. The van der Waals surface area contributed by atoms with Crippen molar-refractivity contribution in [3.63, 3.8) is 0 Å². The van der Waals surface area contributed by atoms with Crippen molar-refractivity contribution in [3.8, 4) is 11.1 Å². The number of benzene rings is 2. The summed E-state index contributed by atoms with van der Waals surface area (Å²) >= 11 is 0. The molecule has 3 rings (SSSR count). The topological polar surface area (TPSA) is 46.3 Å². The molecule has 0 fully saturated rings. The molecule has 1 aliphatic carbocycles. The quantitative estimate of drug-likeness (QED) is 0.921. The smallest absolute Gasteiger partial charge is 0.253 e. The number of nitrogens with zero attached hydrogens (tertiary/aromatic N) is 1. The molecule has 0 heterocycles. The fourth-order valence-corrected chi connectivity index (χ4v) is 3.69. The van der Waals surface area contributed by atoms with Gasteiger partial charge in [-0.25, -0.2) is 0 Å². The second-order valence-electron chi connectivity index (χ2n) is 6.70. The van der Waals surface area contributed by atoms with Gasteiger partial charge in [-0.05, 0) is 72.2 Å². The molecule has 0 aliphatic heterocycles. The van der Waals surface area contributed by atoms with Crippen LogP contribution in [0, 0.1) is 13.8 Å². The van der Waals surface area contributed by atoms with E-state index in [-0.39, 0.29) is 11.9 Å². The summed E-state index contributed by atoms with van der Waals surface area (Å²) in [5.41, 5.74) is 14.4. The van der Waals surface area contributed by atoms with E-state index >= 15 is 0 Å². The number of carbonyl (C=O) groups excluding carboxylic acids is 1. The number of fused-ring (bicyclic) bond motifs is 1. The van der Waals surface area contributed by atoms with Gasteiger partial charge in [0.15, 0.2) is 0 Å². The highest BCUT2D eigenvalue weighted by atomic mass is 16.2. The van der Waals surface area contributed by atoms with Gasteiger partial charge in [-0.2, -0.15) is 0 Å². The van der Waals surface area contributed by atoms with Gasteiger partial charge in [-0.1, -0.05) is 18.2 Å². The molecule has 3 heteroatoms. The Morgan fingerprint density at radius 3 is 2.43 bits per heavy atom. The molecule has 0 saturated carbocycles. The minimum absolute atomic E-state index is 0.0445. The van der Waals surface area contributed by atoms with E-state index in [1.54, 1.807) is 19.0 Å². The van der Waals surface area contributed by atoms with Gasteiger partial charge in [-0.15, -0.1) is 0 Å². The molecular weight excluding hydrogens is 284 g/mol. The van der Waals surface area contributed by atoms with Crippen LogP contribution in [0.25, 0.3) is 11.1 Å². The Bertz CT molecular complexity index is 754. The molecule has 0 unspecified atom stereocenters. The minimum Gasteiger partial charge on any atom is -0.345 e. The van der Waals surface area contributed by atoms with Crippen molar-refractivity contribution in [2.75, 3.05) is 14.1 Å². The predicted molar refractivity (Wildman–Crippen MR) is 94.6 cm³/mol. The molecular formula is C20H24N2O. The van der Waals surface area contributed by atoms with Crippen LogP contribution in [0.1, 0.15) is 45.1 Å². The first-order valence-electron chi connectivity index (χ1n) is 8.10. The number of nitrogens with two attached hydrogens (primary N) is 1. The van der Waals surface area contributed by atoms with Crippen molar-refractivity contribution in [1.82, 2.24) is 4.90 Å². The van der Waals surface area contributed by atoms with E-state index in [9.17, 15) is 4.79 Å². The van der Waals surface area contributed by atoms with E-state index in [0.717, 1.165) is 29.5 Å². The molecule has 3 nitrogen and oxygen atoms in total. The molecule has 1 aliphatic rings. The zero-order valence-corrected chi connectivity index (χ0v) is 14.3. The number of rotatable bonds is 2. The zero-order chi connectivity index (χ0) is 16.7. The summed E-state index contributed by atoms with van der Waals surface area (Å²) < 4.78 is 0. The van der Waals surface area contributed by atoms with E-state index in [4.69, 9.17) is 5.73 Å². The van der Waals surface area contributed by atoms with Crippen LogP contribution in [-0.2, 0) is 6.42 Å². The molecule has 1 amide bonds. The first-order valence-corrected chi connectivity index (χ1v) is 8.10. The lowest BCUT2D eigenvalue weighted by molar-refractivity contribution is 0.0827. The van der Waals surface area contributed by atoms with E-state index in [0.29, 0.717) is 0 Å². The summed E-state index contributed by atoms with van der Waals surface area (Å²) in [6.45, 7) is 4.17. The van der Waals surface area contributed by atoms with E-state index in [2.05, 4.69) is 32.0 Å². The van der Waals surface area contributed by atoms with Gasteiger partial charge in [0.05, 0.1) is 0 Å². The molecule has 120 valence electrons. The number of hydrogen-bond acceptors (Lipinski definition) is 2. The lowest BCUT2D eigenvalue weighted by atomic mass is 9.89. The second-order valence-corrected chi connectivity index (χ2v) is 6.70. The van der Waals surface area contributed by atoms with Crippen LogP contribution in [-0.4, -0.2) is 24.9 Å². The summed E-state index contributed by atoms with van der Waals surface area (Å²) in [5, 5.41) is 0. The molecule has 0 aromatic heterocycles. The molecule has 23 heavy (non-hydrogen) atoms. The SMILES string of the molecule is Cc1cc(C(=O)N(C)C)cc(C)c1-c1cccc2c1CC[C@H]2N. The standard InChI is InChI=1S/C20H24N2O/c1-12-10-14(20(23)22(3)4)11-13(2)19(12)17-7-5-6-16-15(17)8-9-18(16)21/h5-7,10-11,18H,8-9,21H2,1-4H3/t18-/m1/s1. The number of carbonyl (C=O) groups is 1. The van der Waals surface area contributed by atoms with Crippen molar-refractivity contribution in [2.24, 2.45) is 5.73 Å². The van der Waals surface area contributed by atoms with Crippen LogP contribution in [0.5, 0.6) is 0 Å². The fraction of sp³-hybridized carbons (Fsp3) is 0.350. The summed E-state index contributed by atoms with van der Waals surface area (Å²) in [6.07, 6.45) is 2.05. The fourth-order valence-electron chi connectivity index (χ4n) is 3.69. The van der Waals surface area contributed by atoms with Gasteiger partial charge in [0.2, 0.25) is 0 Å². The highest BCUT2D eigenvalue weighted by Gasteiger charge is 2.23. The summed E-state index contributed by atoms with van der Waals surface area (Å²) in [5.74, 6) is 0.0445. The van der Waals surface area contributed by atoms with Crippen LogP contribution < -0.4 is 5.73 Å². The maximum absolute atomic E-state index is 12.2. The summed E-state index contributed by atoms with van der Waals surface area (Å²) in [6, 6.07) is 10.6. The highest BCUT2D eigenvalue weighted by Crippen LogP contribution is 2.39. The summed E-state index contributed by atoms with van der Waals surface area (Å²) in [4.78, 5) is 13.9. The van der Waals surface area contributed by atoms with Crippen LogP contribution in [0.4, 0.5) is 0 Å². The van der Waals surface area contributed by atoms with Crippen molar-refractivity contribution < 1.29 is 4.79 Å². The largest absolute Gasteiger partial charge is 0.345 e. The van der Waals surface area contributed by atoms with Gasteiger partial charge in [-0.3, -0.25) is 4.79 Å². The molecule has 1 atom stereocenters. The third-order valence-corrected chi connectivity index (χ3v) is 4.77. The van der Waals surface area contributed by atoms with E-state index in [1.165, 1.54) is 22.3 Å². The Labute approximate surface area is 138 Å². The average Bonchev–Trinajstić information content (AvgIpc) is 2.88. The normalized spacial score (nSPS) is 16.3. The highest BCUT2D eigenvalue weighted by molar-refractivity contribution is 5.95. The minimum atomic E-state index is 0.0445. The van der Waals surface area contributed by atoms with Crippen molar-refractivity contribution >= 4 is 5.91 Å². The third-order valence-electron chi connectivity index (χ3n) is 4.77. The molecule has 2 N–H and O–H groups in total. The van der Waals surface area contributed by atoms with Crippen molar-refractivity contribution in [3.05, 3.63) is 58.1 Å². The summed E-state index contributed by atoms with van der Waals surface area (Å²) in [7, 11) is 3.57. The van der Waals surface area contributed by atoms with E-state index in [1.807, 2.05) is 12.1 Å². The van der Waals surface area contributed by atoms with Crippen molar-refractivity contribution in [2.45, 2.75) is 32.7 Å². The molecule has 0 bridgehead atoms. The average molecular weight is 308 g/mol. The zero-order valence-electron chi connectivity index (χ0n) is 14.3.